The summed E-state index contributed by atoms with van der Waals surface area (Å²) in [4.78, 5) is 10.8. The molecule has 0 amide bonds. The van der Waals surface area contributed by atoms with Crippen molar-refractivity contribution in [3.8, 4) is 107 Å². The van der Waals surface area contributed by atoms with E-state index in [0.29, 0.717) is 17.1 Å². The number of benzene rings is 12. The van der Waals surface area contributed by atoms with Crippen LogP contribution in [0.15, 0.2) is 273 Å². The van der Waals surface area contributed by atoms with E-state index in [9.17, 15) is 5.26 Å². The number of para-hydroxylation sites is 5. The quantitative estimate of drug-likeness (QED) is 0.172. The molecule has 2 spiro atoms. The van der Waals surface area contributed by atoms with Gasteiger partial charge in [0.2, 0.25) is 0 Å². The second kappa shape index (κ2) is 17.5. The van der Waals surface area contributed by atoms with Crippen molar-refractivity contribution in [2.45, 2.75) is 10.8 Å². The van der Waals surface area contributed by atoms with E-state index in [1.165, 1.54) is 22.3 Å². The lowest BCUT2D eigenvalue weighted by molar-refractivity contribution is 0.437. The molecule has 13 aromatic rings. The number of hydrogen-bond donors (Lipinski definition) is 0. The van der Waals surface area contributed by atoms with E-state index in [0.717, 1.165) is 123 Å². The highest BCUT2D eigenvalue weighted by Crippen LogP contribution is 2.66. The molecule has 0 bridgehead atoms. The number of fused-ring (bicyclic) bond motifs is 19. The minimum atomic E-state index is -0.814. The van der Waals surface area contributed by atoms with Crippen LogP contribution in [0.5, 0.6) is 23.0 Å². The molecule has 1 unspecified atom stereocenters. The Bertz CT molecular complexity index is 4860. The van der Waals surface area contributed by atoms with E-state index < -0.39 is 10.8 Å². The maximum absolute atomic E-state index is 11.4. The fourth-order valence-electron chi connectivity index (χ4n) is 14.4. The molecule has 1 aromatic heterocycles. The lowest BCUT2D eigenvalue weighted by Gasteiger charge is -2.40. The van der Waals surface area contributed by atoms with E-state index in [1.807, 2.05) is 24.3 Å². The average molecular weight is 1040 g/mol. The first kappa shape index (κ1) is 46.0. The Hall–Kier alpha value is -10.9. The molecule has 12 aromatic carbocycles. The largest absolute Gasteiger partial charge is 0.456 e. The minimum Gasteiger partial charge on any atom is -0.456 e. The lowest BCUT2D eigenvalue weighted by atomic mass is 9.65. The third-order valence-electron chi connectivity index (χ3n) is 17.7. The predicted molar refractivity (Wildman–Crippen MR) is 326 cm³/mol. The van der Waals surface area contributed by atoms with Gasteiger partial charge in [-0.15, -0.1) is 0 Å². The first-order valence-electron chi connectivity index (χ1n) is 27.9. The molecule has 2 aliphatic carbocycles. The van der Waals surface area contributed by atoms with Crippen LogP contribution in [0.25, 0.3) is 89.2 Å². The summed E-state index contributed by atoms with van der Waals surface area (Å²) in [5.74, 6) is 3.66. The Balaban J connectivity index is 0.830. The molecule has 0 N–H and O–H groups in total. The van der Waals surface area contributed by atoms with E-state index in [4.69, 9.17) is 19.4 Å². The SMILES string of the molecule is N#Cc1cc(-c2cccc3c2Oc2ccccc2C32c3ccccc3-c3ccccc32)ccc1-c1cccc2c1-c1ccccc1C21c2ccccc2Oc2c(-c3nc(-c4ccc(-c5ccccc5)cc4)c4ccccc4n3)cccc21. The third-order valence-corrected chi connectivity index (χ3v) is 17.7. The summed E-state index contributed by atoms with van der Waals surface area (Å²) in [6.45, 7) is 0. The maximum atomic E-state index is 11.4. The molecule has 380 valence electrons. The Labute approximate surface area is 474 Å². The zero-order valence-corrected chi connectivity index (χ0v) is 44.1. The molecule has 1 atom stereocenters. The average Bonchev–Trinajstić information content (AvgIpc) is 2.57. The van der Waals surface area contributed by atoms with Crippen molar-refractivity contribution in [1.29, 1.82) is 5.26 Å². The summed E-state index contributed by atoms with van der Waals surface area (Å²) in [7, 11) is 0. The number of ether oxygens (including phenoxy) is 2. The van der Waals surface area contributed by atoms with Gasteiger partial charge in [0.1, 0.15) is 23.0 Å². The van der Waals surface area contributed by atoms with Crippen LogP contribution in [0.1, 0.15) is 50.1 Å². The summed E-state index contributed by atoms with van der Waals surface area (Å²) < 4.78 is 14.3. The molecule has 4 aliphatic rings. The molecule has 82 heavy (non-hydrogen) atoms. The van der Waals surface area contributed by atoms with Crippen LogP contribution in [0.2, 0.25) is 0 Å². The summed E-state index contributed by atoms with van der Waals surface area (Å²) in [5.41, 5.74) is 22.2. The van der Waals surface area contributed by atoms with E-state index in [2.05, 4.69) is 255 Å². The van der Waals surface area contributed by atoms with Crippen LogP contribution in [-0.4, -0.2) is 9.97 Å². The van der Waals surface area contributed by atoms with Crippen LogP contribution in [0.3, 0.4) is 0 Å². The van der Waals surface area contributed by atoms with Gasteiger partial charge in [-0.3, -0.25) is 0 Å². The van der Waals surface area contributed by atoms with E-state index in [1.54, 1.807) is 0 Å². The second-order valence-corrected chi connectivity index (χ2v) is 21.7. The van der Waals surface area contributed by atoms with Gasteiger partial charge in [0.15, 0.2) is 5.82 Å². The Morgan fingerprint density at radius 1 is 0.317 bits per heavy atom. The van der Waals surface area contributed by atoms with E-state index >= 15 is 0 Å². The van der Waals surface area contributed by atoms with Gasteiger partial charge in [0, 0.05) is 44.3 Å². The van der Waals surface area contributed by atoms with Gasteiger partial charge < -0.3 is 9.47 Å². The van der Waals surface area contributed by atoms with E-state index in [-0.39, 0.29) is 0 Å². The molecule has 5 nitrogen and oxygen atoms in total. The number of nitrogens with zero attached hydrogens (tertiary/aromatic N) is 3. The van der Waals surface area contributed by atoms with Crippen molar-refractivity contribution in [3.63, 3.8) is 0 Å². The molecule has 17 rings (SSSR count). The molecule has 0 fully saturated rings. The topological polar surface area (TPSA) is 68.0 Å². The normalized spacial score (nSPS) is 14.9. The Morgan fingerprint density at radius 3 is 1.45 bits per heavy atom. The second-order valence-electron chi connectivity index (χ2n) is 21.7. The molecular formula is C77H45N3O2. The van der Waals surface area contributed by atoms with Crippen LogP contribution in [0, 0.1) is 11.3 Å². The summed E-state index contributed by atoms with van der Waals surface area (Å²) in [6, 6.07) is 99.1. The monoisotopic (exact) mass is 1040 g/mol. The molecule has 0 saturated heterocycles. The Morgan fingerprint density at radius 2 is 0.780 bits per heavy atom. The highest BCUT2D eigenvalue weighted by atomic mass is 16.5. The first-order chi connectivity index (χ1) is 40.6. The standard InChI is InChI=1S/C77H45N3O2/c78-46-51-45-50(53-25-16-34-66-73(53)81-69-37-14-11-31-63(69)76(66)60-28-8-4-21-54(60)55-22-5-9-29-61(55)76)43-44-52(51)56-26-17-33-65-71(56)57-23-6-10-30-62(57)77(65)64-32-12-15-38-70(64)82-74-59(27-18-35-67(74)77)75-79-68-36-13-7-24-58(68)72(80-75)49-41-39-48(40-42-49)47-19-2-1-3-20-47/h1-45H. The van der Waals surface area contributed by atoms with Gasteiger partial charge in [-0.1, -0.05) is 243 Å². The zero-order valence-electron chi connectivity index (χ0n) is 44.1. The van der Waals surface area contributed by atoms with Gasteiger partial charge in [0.05, 0.1) is 39.2 Å². The minimum absolute atomic E-state index is 0.568. The van der Waals surface area contributed by atoms with Crippen molar-refractivity contribution >= 4 is 10.9 Å². The molecular weight excluding hydrogens is 999 g/mol. The number of hydrogen-bond acceptors (Lipinski definition) is 5. The first-order valence-corrected chi connectivity index (χ1v) is 27.9. The van der Waals surface area contributed by atoms with Crippen LogP contribution in [-0.2, 0) is 10.8 Å². The van der Waals surface area contributed by atoms with Crippen LogP contribution in [0.4, 0.5) is 0 Å². The summed E-state index contributed by atoms with van der Waals surface area (Å²) in [6.07, 6.45) is 0. The van der Waals surface area contributed by atoms with Crippen molar-refractivity contribution in [1.82, 2.24) is 9.97 Å². The molecule has 5 heteroatoms. The number of nitriles is 1. The fraction of sp³-hybridized carbons (Fsp3) is 0.0260. The van der Waals surface area contributed by atoms with Gasteiger partial charge in [-0.2, -0.15) is 5.26 Å². The van der Waals surface area contributed by atoms with Crippen molar-refractivity contribution < 1.29 is 9.47 Å². The van der Waals surface area contributed by atoms with Crippen molar-refractivity contribution in [2.75, 3.05) is 0 Å². The highest BCUT2D eigenvalue weighted by Gasteiger charge is 2.53. The van der Waals surface area contributed by atoms with Gasteiger partial charge in [-0.05, 0) is 97.1 Å². The lowest BCUT2D eigenvalue weighted by Crippen LogP contribution is -2.32. The Kier molecular flexibility index (Phi) is 9.84. The molecule has 0 radical (unpaired) electrons. The fourth-order valence-corrected chi connectivity index (χ4v) is 14.4. The van der Waals surface area contributed by atoms with Crippen molar-refractivity contribution in [3.05, 3.63) is 323 Å². The van der Waals surface area contributed by atoms with Gasteiger partial charge in [0.25, 0.3) is 0 Å². The van der Waals surface area contributed by atoms with Gasteiger partial charge in [-0.25, -0.2) is 9.97 Å². The molecule has 0 saturated carbocycles. The molecule has 3 heterocycles. The summed E-state index contributed by atoms with van der Waals surface area (Å²) >= 11 is 0. The smallest absolute Gasteiger partial charge is 0.164 e. The van der Waals surface area contributed by atoms with Crippen molar-refractivity contribution in [2.24, 2.45) is 0 Å². The number of aromatic nitrogens is 2. The highest BCUT2D eigenvalue weighted by molar-refractivity contribution is 6.00. The number of rotatable bonds is 5. The zero-order chi connectivity index (χ0) is 54.1. The van der Waals surface area contributed by atoms with Gasteiger partial charge >= 0.3 is 0 Å². The maximum Gasteiger partial charge on any atom is 0.164 e. The third kappa shape index (κ3) is 6.26. The van der Waals surface area contributed by atoms with Crippen LogP contribution < -0.4 is 9.47 Å². The summed E-state index contributed by atoms with van der Waals surface area (Å²) in [5, 5.41) is 12.4. The predicted octanol–water partition coefficient (Wildman–Crippen LogP) is 18.8. The van der Waals surface area contributed by atoms with Crippen LogP contribution >= 0.6 is 0 Å². The molecule has 2 aliphatic heterocycles.